The first-order valence-corrected chi connectivity index (χ1v) is 9.93. The topological polar surface area (TPSA) is 96.9 Å². The molecule has 0 fully saturated rings. The summed E-state index contributed by atoms with van der Waals surface area (Å²) in [6.45, 7) is 5.62. The smallest absolute Gasteiger partial charge is 0.343 e. The van der Waals surface area contributed by atoms with E-state index in [1.807, 2.05) is 51.1 Å². The first kappa shape index (κ1) is 22.4. The molecule has 0 aliphatic rings. The first-order chi connectivity index (χ1) is 15.3. The van der Waals surface area contributed by atoms with Gasteiger partial charge in [0.05, 0.1) is 11.8 Å². The van der Waals surface area contributed by atoms with Crippen LogP contribution in [0.4, 0.5) is 5.69 Å². The Morgan fingerprint density at radius 3 is 2.19 bits per heavy atom. The highest BCUT2D eigenvalue weighted by molar-refractivity contribution is 6.39. The van der Waals surface area contributed by atoms with Gasteiger partial charge in [-0.2, -0.15) is 5.10 Å². The van der Waals surface area contributed by atoms with E-state index in [4.69, 9.17) is 4.74 Å². The van der Waals surface area contributed by atoms with E-state index in [0.29, 0.717) is 22.6 Å². The fourth-order valence-electron chi connectivity index (χ4n) is 2.91. The Hall–Kier alpha value is -4.26. The van der Waals surface area contributed by atoms with E-state index in [0.717, 1.165) is 16.7 Å². The molecule has 0 unspecified atom stereocenters. The zero-order valence-electron chi connectivity index (χ0n) is 18.0. The van der Waals surface area contributed by atoms with Crippen LogP contribution in [0.25, 0.3) is 0 Å². The molecule has 0 heterocycles. The Bertz CT molecular complexity index is 1160. The molecule has 0 bridgehead atoms. The molecule has 0 saturated heterocycles. The van der Waals surface area contributed by atoms with Crippen LogP contribution in [0, 0.1) is 20.8 Å². The van der Waals surface area contributed by atoms with Crippen LogP contribution in [0.15, 0.2) is 71.8 Å². The van der Waals surface area contributed by atoms with Crippen molar-refractivity contribution in [3.05, 3.63) is 94.5 Å². The number of hydrogen-bond donors (Lipinski definition) is 2. The van der Waals surface area contributed by atoms with Crippen LogP contribution in [0.2, 0.25) is 0 Å². The highest BCUT2D eigenvalue weighted by Crippen LogP contribution is 2.19. The van der Waals surface area contributed by atoms with Crippen LogP contribution in [0.3, 0.4) is 0 Å². The first-order valence-electron chi connectivity index (χ1n) is 9.93. The second-order valence-electron chi connectivity index (χ2n) is 7.25. The minimum absolute atomic E-state index is 0.332. The predicted octanol–water partition coefficient (Wildman–Crippen LogP) is 3.92. The number of hydrogen-bond acceptors (Lipinski definition) is 5. The maximum absolute atomic E-state index is 12.3. The van der Waals surface area contributed by atoms with Crippen LogP contribution in [-0.2, 0) is 9.59 Å². The number of benzene rings is 3. The zero-order valence-corrected chi connectivity index (χ0v) is 18.0. The lowest BCUT2D eigenvalue weighted by Crippen LogP contribution is -2.32. The highest BCUT2D eigenvalue weighted by Gasteiger charge is 2.15. The van der Waals surface area contributed by atoms with Gasteiger partial charge in [-0.3, -0.25) is 9.59 Å². The van der Waals surface area contributed by atoms with E-state index in [1.54, 1.807) is 36.4 Å². The van der Waals surface area contributed by atoms with E-state index in [2.05, 4.69) is 15.8 Å². The van der Waals surface area contributed by atoms with Gasteiger partial charge in [0.15, 0.2) is 0 Å². The summed E-state index contributed by atoms with van der Waals surface area (Å²) < 4.78 is 5.38. The Balaban J connectivity index is 1.58. The molecule has 7 nitrogen and oxygen atoms in total. The molecule has 7 heteroatoms. The summed E-state index contributed by atoms with van der Waals surface area (Å²) in [5.41, 5.74) is 6.56. The molecule has 0 aliphatic carbocycles. The van der Waals surface area contributed by atoms with Gasteiger partial charge in [-0.15, -0.1) is 0 Å². The Kier molecular flexibility index (Phi) is 7.13. The van der Waals surface area contributed by atoms with Gasteiger partial charge in [0.1, 0.15) is 5.75 Å². The van der Waals surface area contributed by atoms with E-state index in [9.17, 15) is 14.4 Å². The summed E-state index contributed by atoms with van der Waals surface area (Å²) in [6.07, 6.45) is 1.35. The number of nitrogens with one attached hydrogen (secondary N) is 2. The van der Waals surface area contributed by atoms with Gasteiger partial charge < -0.3 is 10.1 Å². The Morgan fingerprint density at radius 1 is 0.844 bits per heavy atom. The van der Waals surface area contributed by atoms with Crippen molar-refractivity contribution in [1.82, 2.24) is 5.43 Å². The van der Waals surface area contributed by atoms with Crippen LogP contribution in [-0.4, -0.2) is 24.0 Å². The van der Waals surface area contributed by atoms with Crippen molar-refractivity contribution < 1.29 is 19.1 Å². The normalized spacial score (nSPS) is 10.6. The van der Waals surface area contributed by atoms with Crippen LogP contribution in [0.1, 0.15) is 32.6 Å². The molecule has 162 valence electrons. The van der Waals surface area contributed by atoms with Crippen molar-refractivity contribution >= 4 is 29.7 Å². The summed E-state index contributed by atoms with van der Waals surface area (Å²) in [6, 6.07) is 19.3. The lowest BCUT2D eigenvalue weighted by Gasteiger charge is -2.10. The number of anilines is 1. The number of rotatable bonds is 5. The third-order valence-electron chi connectivity index (χ3n) is 4.66. The van der Waals surface area contributed by atoms with Crippen molar-refractivity contribution in [2.24, 2.45) is 5.10 Å². The summed E-state index contributed by atoms with van der Waals surface area (Å²) in [4.78, 5) is 36.4. The summed E-state index contributed by atoms with van der Waals surface area (Å²) >= 11 is 0. The number of carbonyl (C=O) groups excluding carboxylic acids is 3. The quantitative estimate of drug-likeness (QED) is 0.211. The molecule has 3 aromatic carbocycles. The van der Waals surface area contributed by atoms with Gasteiger partial charge >= 0.3 is 17.8 Å². The van der Waals surface area contributed by atoms with Crippen molar-refractivity contribution in [2.75, 3.05) is 5.32 Å². The average molecular weight is 429 g/mol. The summed E-state index contributed by atoms with van der Waals surface area (Å²) in [5, 5.41) is 6.41. The molecule has 0 spiro atoms. The second kappa shape index (κ2) is 10.2. The second-order valence-corrected chi connectivity index (χ2v) is 7.25. The zero-order chi connectivity index (χ0) is 23.1. The van der Waals surface area contributed by atoms with Gasteiger partial charge in [-0.25, -0.2) is 10.2 Å². The van der Waals surface area contributed by atoms with Crippen molar-refractivity contribution in [1.29, 1.82) is 0 Å². The van der Waals surface area contributed by atoms with Crippen LogP contribution < -0.4 is 15.5 Å². The van der Waals surface area contributed by atoms with E-state index in [-0.39, 0.29) is 0 Å². The number of amides is 2. The minimum atomic E-state index is -0.897. The van der Waals surface area contributed by atoms with Crippen molar-refractivity contribution in [3.63, 3.8) is 0 Å². The molecular weight excluding hydrogens is 406 g/mol. The number of esters is 1. The third kappa shape index (κ3) is 5.89. The summed E-state index contributed by atoms with van der Waals surface area (Å²) in [7, 11) is 0. The molecule has 2 amide bonds. The largest absolute Gasteiger partial charge is 0.423 e. The number of hydrazone groups is 1. The molecule has 32 heavy (non-hydrogen) atoms. The number of para-hydroxylation sites is 1. The molecule has 2 N–H and O–H groups in total. The van der Waals surface area contributed by atoms with E-state index in [1.165, 1.54) is 6.21 Å². The van der Waals surface area contributed by atoms with Crippen molar-refractivity contribution in [3.8, 4) is 5.75 Å². The lowest BCUT2D eigenvalue weighted by molar-refractivity contribution is -0.136. The third-order valence-corrected chi connectivity index (χ3v) is 4.66. The van der Waals surface area contributed by atoms with E-state index < -0.39 is 17.8 Å². The minimum Gasteiger partial charge on any atom is -0.423 e. The standard InChI is InChI=1S/C25H23N3O4/c1-16-10-12-20(13-11-16)25(31)32-21-9-5-8-19(14-21)15-26-28-24(30)23(29)27-22-17(2)6-4-7-18(22)3/h4-15H,1-3H3,(H,27,29)(H,28,30). The number of ether oxygens (including phenoxy) is 1. The number of nitrogens with zero attached hydrogens (tertiary/aromatic N) is 1. The van der Waals surface area contributed by atoms with Gasteiger partial charge in [-0.1, -0.05) is 48.0 Å². The molecule has 3 aromatic rings. The SMILES string of the molecule is Cc1ccc(C(=O)Oc2cccc(C=NNC(=O)C(=O)Nc3c(C)cccc3C)c2)cc1. The monoisotopic (exact) mass is 429 g/mol. The summed E-state index contributed by atoms with van der Waals surface area (Å²) in [5.74, 6) is -1.86. The molecule has 0 aromatic heterocycles. The number of aryl methyl sites for hydroxylation is 3. The molecule has 0 radical (unpaired) electrons. The van der Waals surface area contributed by atoms with E-state index >= 15 is 0 Å². The maximum atomic E-state index is 12.3. The lowest BCUT2D eigenvalue weighted by atomic mass is 10.1. The van der Waals surface area contributed by atoms with Crippen LogP contribution in [0.5, 0.6) is 5.75 Å². The fraction of sp³-hybridized carbons (Fsp3) is 0.120. The predicted molar refractivity (Wildman–Crippen MR) is 123 cm³/mol. The molecular formula is C25H23N3O4. The Morgan fingerprint density at radius 2 is 1.50 bits per heavy atom. The molecule has 0 saturated carbocycles. The maximum Gasteiger partial charge on any atom is 0.343 e. The Labute approximate surface area is 186 Å². The molecule has 0 aliphatic heterocycles. The van der Waals surface area contributed by atoms with Gasteiger partial charge in [-0.05, 0) is 61.7 Å². The van der Waals surface area contributed by atoms with Gasteiger partial charge in [0.2, 0.25) is 0 Å². The van der Waals surface area contributed by atoms with Crippen molar-refractivity contribution in [2.45, 2.75) is 20.8 Å². The highest BCUT2D eigenvalue weighted by atomic mass is 16.5. The molecule has 0 atom stereocenters. The fourth-order valence-corrected chi connectivity index (χ4v) is 2.91. The van der Waals surface area contributed by atoms with Gasteiger partial charge in [0.25, 0.3) is 0 Å². The van der Waals surface area contributed by atoms with Crippen LogP contribution >= 0.6 is 0 Å². The van der Waals surface area contributed by atoms with Gasteiger partial charge in [0, 0.05) is 5.69 Å². The molecule has 3 rings (SSSR count). The average Bonchev–Trinajstić information content (AvgIpc) is 2.77. The number of carbonyl (C=O) groups is 3.